The summed E-state index contributed by atoms with van der Waals surface area (Å²) in [6.07, 6.45) is 2.67. The minimum absolute atomic E-state index is 0.193. The van der Waals surface area contributed by atoms with Crippen molar-refractivity contribution < 1.29 is 19.0 Å². The molecule has 0 heterocycles. The monoisotopic (exact) mass is 281 g/mol. The number of aliphatic hydroxyl groups excluding tert-OH is 1. The van der Waals surface area contributed by atoms with Crippen molar-refractivity contribution in [2.45, 2.75) is 33.0 Å². The highest BCUT2D eigenvalue weighted by atomic mass is 19.1. The highest BCUT2D eigenvalue weighted by molar-refractivity contribution is 5.68. The minimum atomic E-state index is -0.542. The van der Waals surface area contributed by atoms with Crippen molar-refractivity contribution in [1.82, 2.24) is 5.32 Å². The maximum atomic E-state index is 13.6. The molecule has 0 bridgehead atoms. The first-order chi connectivity index (χ1) is 9.31. The maximum Gasteiger partial charge on any atom is 0.407 e. The van der Waals surface area contributed by atoms with Crippen LogP contribution >= 0.6 is 0 Å². The molecule has 0 fully saturated rings. The van der Waals surface area contributed by atoms with Gasteiger partial charge in [-0.25, -0.2) is 9.18 Å². The molecule has 0 unspecified atom stereocenters. The van der Waals surface area contributed by atoms with Gasteiger partial charge in [-0.2, -0.15) is 0 Å². The second kappa shape index (κ2) is 7.05. The number of ether oxygens (including phenoxy) is 1. The third kappa shape index (κ3) is 5.84. The second-order valence-electron chi connectivity index (χ2n) is 5.30. The van der Waals surface area contributed by atoms with E-state index >= 15 is 0 Å². The van der Waals surface area contributed by atoms with Gasteiger partial charge in [-0.1, -0.05) is 24.3 Å². The number of benzene rings is 1. The van der Waals surface area contributed by atoms with Gasteiger partial charge in [0.1, 0.15) is 11.4 Å². The highest BCUT2D eigenvalue weighted by Gasteiger charge is 2.14. The van der Waals surface area contributed by atoms with E-state index in [1.807, 2.05) is 0 Å². The number of amides is 1. The van der Waals surface area contributed by atoms with Crippen molar-refractivity contribution in [2.75, 3.05) is 6.54 Å². The first kappa shape index (κ1) is 16.2. The Kier molecular flexibility index (Phi) is 5.70. The molecule has 4 nitrogen and oxygen atoms in total. The van der Waals surface area contributed by atoms with Crippen LogP contribution in [0.2, 0.25) is 0 Å². The minimum Gasteiger partial charge on any atom is -0.444 e. The van der Waals surface area contributed by atoms with Crippen LogP contribution in [0.25, 0.3) is 6.08 Å². The molecule has 0 aliphatic heterocycles. The van der Waals surface area contributed by atoms with Crippen LogP contribution in [-0.2, 0) is 11.3 Å². The van der Waals surface area contributed by atoms with Gasteiger partial charge < -0.3 is 15.2 Å². The summed E-state index contributed by atoms with van der Waals surface area (Å²) in [4.78, 5) is 11.4. The van der Waals surface area contributed by atoms with Crippen molar-refractivity contribution in [2.24, 2.45) is 0 Å². The predicted octanol–water partition coefficient (Wildman–Crippen LogP) is 2.86. The van der Waals surface area contributed by atoms with Gasteiger partial charge in [0, 0.05) is 12.1 Å². The molecule has 0 saturated heterocycles. The number of rotatable bonds is 4. The number of nitrogens with one attached hydrogen (secondary N) is 1. The Labute approximate surface area is 118 Å². The van der Waals surface area contributed by atoms with Crippen LogP contribution in [0.5, 0.6) is 0 Å². The Bertz CT molecular complexity index is 492. The van der Waals surface area contributed by atoms with Gasteiger partial charge in [-0.3, -0.25) is 0 Å². The summed E-state index contributed by atoms with van der Waals surface area (Å²) in [5, 5.41) is 11.4. The molecule has 1 aromatic rings. The molecule has 0 aliphatic rings. The third-order valence-electron chi connectivity index (χ3n) is 2.31. The second-order valence-corrected chi connectivity index (χ2v) is 5.30. The summed E-state index contributed by atoms with van der Waals surface area (Å²) in [6.45, 7) is 5.39. The zero-order chi connectivity index (χ0) is 15.2. The smallest absolute Gasteiger partial charge is 0.407 e. The van der Waals surface area contributed by atoms with E-state index in [4.69, 9.17) is 9.84 Å². The molecule has 110 valence electrons. The largest absolute Gasteiger partial charge is 0.444 e. The number of halogens is 1. The number of alkyl carbamates (subject to hydrolysis) is 1. The molecule has 0 saturated carbocycles. The van der Waals surface area contributed by atoms with Gasteiger partial charge in [0.25, 0.3) is 0 Å². The van der Waals surface area contributed by atoms with E-state index in [0.29, 0.717) is 11.1 Å². The molecular weight excluding hydrogens is 261 g/mol. The van der Waals surface area contributed by atoms with Crippen molar-refractivity contribution in [3.8, 4) is 0 Å². The SMILES string of the molecule is CC(C)(C)OC(=O)NCC=Cc1ccc(CO)cc1F. The van der Waals surface area contributed by atoms with Crippen LogP contribution in [-0.4, -0.2) is 23.3 Å². The van der Waals surface area contributed by atoms with Crippen molar-refractivity contribution in [3.05, 3.63) is 41.2 Å². The van der Waals surface area contributed by atoms with E-state index in [-0.39, 0.29) is 13.2 Å². The number of aliphatic hydroxyl groups is 1. The Balaban J connectivity index is 2.48. The summed E-state index contributed by atoms with van der Waals surface area (Å²) in [5.41, 5.74) is 0.375. The predicted molar refractivity (Wildman–Crippen MR) is 75.6 cm³/mol. The quantitative estimate of drug-likeness (QED) is 0.892. The van der Waals surface area contributed by atoms with E-state index in [9.17, 15) is 9.18 Å². The van der Waals surface area contributed by atoms with E-state index in [0.717, 1.165) is 0 Å². The number of carbonyl (C=O) groups is 1. The van der Waals surface area contributed by atoms with Gasteiger partial charge in [0.15, 0.2) is 0 Å². The number of hydrogen-bond acceptors (Lipinski definition) is 3. The van der Waals surface area contributed by atoms with E-state index in [1.165, 1.54) is 6.07 Å². The van der Waals surface area contributed by atoms with Crippen molar-refractivity contribution in [3.63, 3.8) is 0 Å². The summed E-state index contributed by atoms with van der Waals surface area (Å²) < 4.78 is 18.6. The van der Waals surface area contributed by atoms with Crippen LogP contribution in [0.4, 0.5) is 9.18 Å². The molecule has 2 N–H and O–H groups in total. The molecule has 0 aliphatic carbocycles. The molecule has 0 spiro atoms. The fraction of sp³-hybridized carbons (Fsp3) is 0.400. The van der Waals surface area contributed by atoms with Crippen LogP contribution in [0.3, 0.4) is 0 Å². The molecule has 0 aromatic heterocycles. The van der Waals surface area contributed by atoms with Crippen LogP contribution in [0.15, 0.2) is 24.3 Å². The van der Waals surface area contributed by atoms with Gasteiger partial charge in [0.05, 0.1) is 6.61 Å². The van der Waals surface area contributed by atoms with Crippen molar-refractivity contribution in [1.29, 1.82) is 0 Å². The topological polar surface area (TPSA) is 58.6 Å². The number of hydrogen-bond donors (Lipinski definition) is 2. The average molecular weight is 281 g/mol. The van der Waals surface area contributed by atoms with Gasteiger partial charge in [-0.15, -0.1) is 0 Å². The third-order valence-corrected chi connectivity index (χ3v) is 2.31. The lowest BCUT2D eigenvalue weighted by Crippen LogP contribution is -2.32. The zero-order valence-electron chi connectivity index (χ0n) is 11.9. The Morgan fingerprint density at radius 1 is 1.45 bits per heavy atom. The lowest BCUT2D eigenvalue weighted by molar-refractivity contribution is 0.0534. The lowest BCUT2D eigenvalue weighted by Gasteiger charge is -2.19. The summed E-state index contributed by atoms with van der Waals surface area (Å²) in [6, 6.07) is 4.50. The molecule has 5 heteroatoms. The van der Waals surface area contributed by atoms with E-state index in [2.05, 4.69) is 5.32 Å². The fourth-order valence-corrected chi connectivity index (χ4v) is 1.45. The molecule has 1 rings (SSSR count). The first-order valence-electron chi connectivity index (χ1n) is 6.34. The molecular formula is C15H20FNO3. The standard InChI is InChI=1S/C15H20FNO3/c1-15(2,3)20-14(19)17-8-4-5-12-7-6-11(10-18)9-13(12)16/h4-7,9,18H,8,10H2,1-3H3,(H,17,19). The van der Waals surface area contributed by atoms with Crippen LogP contribution < -0.4 is 5.32 Å². The zero-order valence-corrected chi connectivity index (χ0v) is 11.9. The average Bonchev–Trinajstić information content (AvgIpc) is 2.33. The maximum absolute atomic E-state index is 13.6. The molecule has 1 amide bonds. The molecule has 0 atom stereocenters. The van der Waals surface area contributed by atoms with Gasteiger partial charge >= 0.3 is 6.09 Å². The molecule has 1 aromatic carbocycles. The molecule has 20 heavy (non-hydrogen) atoms. The Hall–Kier alpha value is -1.88. The van der Waals surface area contributed by atoms with Crippen LogP contribution in [0.1, 0.15) is 31.9 Å². The normalized spacial score (nSPS) is 11.7. The fourth-order valence-electron chi connectivity index (χ4n) is 1.45. The number of carbonyl (C=O) groups excluding carboxylic acids is 1. The van der Waals surface area contributed by atoms with Gasteiger partial charge in [-0.05, 0) is 32.4 Å². The van der Waals surface area contributed by atoms with Gasteiger partial charge in [0.2, 0.25) is 0 Å². The molecule has 0 radical (unpaired) electrons. The van der Waals surface area contributed by atoms with E-state index < -0.39 is 17.5 Å². The summed E-state index contributed by atoms with van der Waals surface area (Å²) >= 11 is 0. The highest BCUT2D eigenvalue weighted by Crippen LogP contribution is 2.12. The Morgan fingerprint density at radius 2 is 2.15 bits per heavy atom. The van der Waals surface area contributed by atoms with Crippen LogP contribution in [0, 0.1) is 5.82 Å². The summed E-state index contributed by atoms with van der Waals surface area (Å²) in [7, 11) is 0. The first-order valence-corrected chi connectivity index (χ1v) is 6.34. The van der Waals surface area contributed by atoms with E-state index in [1.54, 1.807) is 45.1 Å². The summed E-state index contributed by atoms with van der Waals surface area (Å²) in [5.74, 6) is -0.412. The lowest BCUT2D eigenvalue weighted by atomic mass is 10.1. The Morgan fingerprint density at radius 3 is 2.70 bits per heavy atom. The van der Waals surface area contributed by atoms with Crippen molar-refractivity contribution >= 4 is 12.2 Å².